The van der Waals surface area contributed by atoms with E-state index in [1.54, 1.807) is 7.11 Å². The van der Waals surface area contributed by atoms with E-state index in [4.69, 9.17) is 4.74 Å². The highest BCUT2D eigenvalue weighted by Crippen LogP contribution is 2.28. The van der Waals surface area contributed by atoms with E-state index in [-0.39, 0.29) is 0 Å². The molecule has 19 heavy (non-hydrogen) atoms. The van der Waals surface area contributed by atoms with Crippen LogP contribution >= 0.6 is 15.9 Å². The number of hydrogen-bond acceptors (Lipinski definition) is 2. The molecule has 1 unspecified atom stereocenters. The van der Waals surface area contributed by atoms with Gasteiger partial charge in [0.15, 0.2) is 0 Å². The Morgan fingerprint density at radius 3 is 2.58 bits per heavy atom. The second-order valence-corrected chi connectivity index (χ2v) is 5.73. The first-order chi connectivity index (χ1) is 9.01. The van der Waals surface area contributed by atoms with E-state index in [1.807, 2.05) is 55.5 Å². The van der Waals surface area contributed by atoms with Gasteiger partial charge in [-0.1, -0.05) is 40.2 Å². The second-order valence-electron chi connectivity index (χ2n) is 4.81. The molecule has 0 bridgehead atoms. The molecular formula is C16H17BrO2. The van der Waals surface area contributed by atoms with Gasteiger partial charge in [-0.25, -0.2) is 0 Å². The number of aliphatic hydroxyl groups is 1. The summed E-state index contributed by atoms with van der Waals surface area (Å²) in [6.45, 7) is 1.83. The van der Waals surface area contributed by atoms with E-state index in [9.17, 15) is 5.11 Å². The summed E-state index contributed by atoms with van der Waals surface area (Å²) in [6, 6.07) is 15.5. The molecule has 100 valence electrons. The number of hydrogen-bond donors (Lipinski definition) is 1. The zero-order valence-corrected chi connectivity index (χ0v) is 12.6. The van der Waals surface area contributed by atoms with Crippen LogP contribution in [0, 0.1) is 0 Å². The predicted octanol–water partition coefficient (Wildman–Crippen LogP) is 3.91. The van der Waals surface area contributed by atoms with Crippen LogP contribution in [0.1, 0.15) is 18.1 Å². The zero-order valence-electron chi connectivity index (χ0n) is 11.1. The molecule has 0 aliphatic rings. The Balaban J connectivity index is 2.25. The molecule has 1 atom stereocenters. The minimum Gasteiger partial charge on any atom is -0.497 e. The smallest absolute Gasteiger partial charge is 0.119 e. The first kappa shape index (κ1) is 14.1. The molecule has 0 saturated carbocycles. The van der Waals surface area contributed by atoms with Gasteiger partial charge in [0, 0.05) is 10.9 Å². The monoisotopic (exact) mass is 320 g/mol. The molecule has 1 N–H and O–H groups in total. The van der Waals surface area contributed by atoms with Gasteiger partial charge in [-0.2, -0.15) is 0 Å². The minimum absolute atomic E-state index is 0.542. The van der Waals surface area contributed by atoms with E-state index >= 15 is 0 Å². The van der Waals surface area contributed by atoms with Crippen LogP contribution in [-0.2, 0) is 12.0 Å². The van der Waals surface area contributed by atoms with Gasteiger partial charge in [-0.3, -0.25) is 0 Å². The van der Waals surface area contributed by atoms with Gasteiger partial charge >= 0.3 is 0 Å². The summed E-state index contributed by atoms with van der Waals surface area (Å²) < 4.78 is 6.17. The molecule has 0 aliphatic heterocycles. The Morgan fingerprint density at radius 2 is 1.89 bits per heavy atom. The van der Waals surface area contributed by atoms with Crippen molar-refractivity contribution >= 4 is 15.9 Å². The standard InChI is InChI=1S/C16H17BrO2/c1-16(18,13-6-4-7-14(17)10-13)11-12-5-3-8-15(9-12)19-2/h3-10,18H,11H2,1-2H3. The summed E-state index contributed by atoms with van der Waals surface area (Å²) in [5.41, 5.74) is 1.03. The number of halogens is 1. The van der Waals surface area contributed by atoms with Crippen molar-refractivity contribution in [1.82, 2.24) is 0 Å². The van der Waals surface area contributed by atoms with Crippen LogP contribution in [0.2, 0.25) is 0 Å². The molecule has 2 rings (SSSR count). The fourth-order valence-electron chi connectivity index (χ4n) is 2.11. The fourth-order valence-corrected chi connectivity index (χ4v) is 2.50. The third-order valence-electron chi connectivity index (χ3n) is 3.13. The Hall–Kier alpha value is -1.32. The quantitative estimate of drug-likeness (QED) is 0.925. The summed E-state index contributed by atoms with van der Waals surface area (Å²) in [5, 5.41) is 10.7. The van der Waals surface area contributed by atoms with Gasteiger partial charge in [-0.05, 0) is 42.3 Å². The van der Waals surface area contributed by atoms with Crippen molar-refractivity contribution in [2.75, 3.05) is 7.11 Å². The van der Waals surface area contributed by atoms with Crippen molar-refractivity contribution < 1.29 is 9.84 Å². The van der Waals surface area contributed by atoms with E-state index in [2.05, 4.69) is 15.9 Å². The van der Waals surface area contributed by atoms with Gasteiger partial charge in [0.05, 0.1) is 12.7 Å². The summed E-state index contributed by atoms with van der Waals surface area (Å²) in [6.07, 6.45) is 0.542. The normalized spacial score (nSPS) is 13.9. The first-order valence-corrected chi connectivity index (χ1v) is 6.92. The molecule has 2 aromatic rings. The predicted molar refractivity (Wildman–Crippen MR) is 80.4 cm³/mol. The minimum atomic E-state index is -0.907. The van der Waals surface area contributed by atoms with E-state index in [0.717, 1.165) is 21.3 Å². The third kappa shape index (κ3) is 3.58. The van der Waals surface area contributed by atoms with Crippen LogP contribution in [0.4, 0.5) is 0 Å². The topological polar surface area (TPSA) is 29.5 Å². The van der Waals surface area contributed by atoms with Crippen LogP contribution in [-0.4, -0.2) is 12.2 Å². The molecule has 2 nitrogen and oxygen atoms in total. The highest BCUT2D eigenvalue weighted by atomic mass is 79.9. The van der Waals surface area contributed by atoms with Crippen molar-refractivity contribution in [2.24, 2.45) is 0 Å². The SMILES string of the molecule is COc1cccc(CC(C)(O)c2cccc(Br)c2)c1. The van der Waals surface area contributed by atoms with Crippen LogP contribution in [0.3, 0.4) is 0 Å². The Kier molecular flexibility index (Phi) is 4.27. The molecule has 0 spiro atoms. The Morgan fingerprint density at radius 1 is 1.16 bits per heavy atom. The summed E-state index contributed by atoms with van der Waals surface area (Å²) >= 11 is 3.43. The Labute approximate surface area is 122 Å². The Bertz CT molecular complexity index is 564. The molecule has 0 aromatic heterocycles. The molecule has 0 aliphatic carbocycles. The number of ether oxygens (including phenoxy) is 1. The molecule has 0 saturated heterocycles. The lowest BCUT2D eigenvalue weighted by molar-refractivity contribution is 0.0575. The average molecular weight is 321 g/mol. The largest absolute Gasteiger partial charge is 0.497 e. The summed E-state index contributed by atoms with van der Waals surface area (Å²) in [7, 11) is 1.64. The zero-order chi connectivity index (χ0) is 13.9. The van der Waals surface area contributed by atoms with Gasteiger partial charge in [0.1, 0.15) is 5.75 Å². The van der Waals surface area contributed by atoms with Crippen LogP contribution in [0.25, 0.3) is 0 Å². The van der Waals surface area contributed by atoms with E-state index in [0.29, 0.717) is 6.42 Å². The van der Waals surface area contributed by atoms with Crippen molar-refractivity contribution in [1.29, 1.82) is 0 Å². The molecule has 2 aromatic carbocycles. The molecule has 0 radical (unpaired) electrons. The maximum absolute atomic E-state index is 10.7. The maximum Gasteiger partial charge on any atom is 0.119 e. The van der Waals surface area contributed by atoms with Crippen LogP contribution in [0.5, 0.6) is 5.75 Å². The highest BCUT2D eigenvalue weighted by Gasteiger charge is 2.23. The lowest BCUT2D eigenvalue weighted by atomic mass is 9.89. The fraction of sp³-hybridized carbons (Fsp3) is 0.250. The summed E-state index contributed by atoms with van der Waals surface area (Å²) in [5.74, 6) is 0.808. The van der Waals surface area contributed by atoms with Crippen LogP contribution in [0.15, 0.2) is 53.0 Å². The first-order valence-electron chi connectivity index (χ1n) is 6.12. The molecular weight excluding hydrogens is 304 g/mol. The summed E-state index contributed by atoms with van der Waals surface area (Å²) in [4.78, 5) is 0. The maximum atomic E-state index is 10.7. The second kappa shape index (κ2) is 5.76. The highest BCUT2D eigenvalue weighted by molar-refractivity contribution is 9.10. The van der Waals surface area contributed by atoms with Crippen LogP contribution < -0.4 is 4.74 Å². The van der Waals surface area contributed by atoms with Gasteiger partial charge in [-0.15, -0.1) is 0 Å². The molecule has 3 heteroatoms. The molecule has 0 fully saturated rings. The van der Waals surface area contributed by atoms with Gasteiger partial charge < -0.3 is 9.84 Å². The van der Waals surface area contributed by atoms with Crippen molar-refractivity contribution in [3.63, 3.8) is 0 Å². The lowest BCUT2D eigenvalue weighted by Crippen LogP contribution is -2.24. The van der Waals surface area contributed by atoms with E-state index < -0.39 is 5.60 Å². The average Bonchev–Trinajstić information content (AvgIpc) is 2.38. The lowest BCUT2D eigenvalue weighted by Gasteiger charge is -2.24. The van der Waals surface area contributed by atoms with Crippen molar-refractivity contribution in [3.05, 3.63) is 64.1 Å². The van der Waals surface area contributed by atoms with Crippen molar-refractivity contribution in [2.45, 2.75) is 18.9 Å². The van der Waals surface area contributed by atoms with Gasteiger partial charge in [0.2, 0.25) is 0 Å². The van der Waals surface area contributed by atoms with Crippen molar-refractivity contribution in [3.8, 4) is 5.75 Å². The van der Waals surface area contributed by atoms with E-state index in [1.165, 1.54) is 0 Å². The number of methoxy groups -OCH3 is 1. The molecule has 0 amide bonds. The third-order valence-corrected chi connectivity index (χ3v) is 3.62. The number of benzene rings is 2. The number of rotatable bonds is 4. The van der Waals surface area contributed by atoms with Gasteiger partial charge in [0.25, 0.3) is 0 Å². The molecule has 0 heterocycles.